The SMILES string of the molecule is CC(C)CCC(C)NC(=O)C1(C(N)=NO)CCCC1. The van der Waals surface area contributed by atoms with Crippen LogP contribution in [0.5, 0.6) is 0 Å². The highest BCUT2D eigenvalue weighted by molar-refractivity contribution is 6.07. The minimum absolute atomic E-state index is 0.0542. The second-order valence-electron chi connectivity index (χ2n) is 6.12. The van der Waals surface area contributed by atoms with Crippen molar-refractivity contribution >= 4 is 11.7 Å². The summed E-state index contributed by atoms with van der Waals surface area (Å²) in [6.45, 7) is 6.35. The van der Waals surface area contributed by atoms with Crippen LogP contribution >= 0.6 is 0 Å². The molecule has 0 bridgehead atoms. The van der Waals surface area contributed by atoms with E-state index < -0.39 is 5.41 Å². The molecule has 0 aliphatic heterocycles. The number of nitrogens with one attached hydrogen (secondary N) is 1. The molecule has 1 fully saturated rings. The van der Waals surface area contributed by atoms with Crippen molar-refractivity contribution in [2.45, 2.75) is 65.3 Å². The van der Waals surface area contributed by atoms with Crippen LogP contribution in [-0.4, -0.2) is 23.0 Å². The van der Waals surface area contributed by atoms with Crippen molar-refractivity contribution in [3.8, 4) is 0 Å². The van der Waals surface area contributed by atoms with Crippen molar-refractivity contribution in [3.05, 3.63) is 0 Å². The molecule has 5 nitrogen and oxygen atoms in total. The van der Waals surface area contributed by atoms with E-state index in [0.717, 1.165) is 25.7 Å². The van der Waals surface area contributed by atoms with Gasteiger partial charge in [0.15, 0.2) is 5.84 Å². The van der Waals surface area contributed by atoms with Crippen LogP contribution in [-0.2, 0) is 4.79 Å². The molecular weight excluding hydrogens is 242 g/mol. The van der Waals surface area contributed by atoms with E-state index in [1.54, 1.807) is 0 Å². The summed E-state index contributed by atoms with van der Waals surface area (Å²) in [5.41, 5.74) is 4.96. The summed E-state index contributed by atoms with van der Waals surface area (Å²) >= 11 is 0. The molecule has 0 radical (unpaired) electrons. The summed E-state index contributed by atoms with van der Waals surface area (Å²) in [5.74, 6) is 0.596. The topological polar surface area (TPSA) is 87.7 Å². The van der Waals surface area contributed by atoms with Gasteiger partial charge >= 0.3 is 0 Å². The largest absolute Gasteiger partial charge is 0.409 e. The zero-order chi connectivity index (χ0) is 14.5. The molecule has 0 spiro atoms. The van der Waals surface area contributed by atoms with E-state index in [2.05, 4.69) is 24.3 Å². The maximum absolute atomic E-state index is 12.4. The first-order valence-electron chi connectivity index (χ1n) is 7.21. The maximum atomic E-state index is 12.4. The smallest absolute Gasteiger partial charge is 0.234 e. The van der Waals surface area contributed by atoms with Gasteiger partial charge < -0.3 is 16.3 Å². The van der Waals surface area contributed by atoms with Gasteiger partial charge in [-0.25, -0.2) is 0 Å². The monoisotopic (exact) mass is 269 g/mol. The standard InChI is InChI=1S/C14H27N3O2/c1-10(2)6-7-11(3)16-13(18)14(12(15)17-19)8-4-5-9-14/h10-11,19H,4-9H2,1-3H3,(H2,15,17)(H,16,18). The summed E-state index contributed by atoms with van der Waals surface area (Å²) in [6.07, 6.45) is 5.28. The number of oxime groups is 1. The lowest BCUT2D eigenvalue weighted by atomic mass is 9.83. The van der Waals surface area contributed by atoms with E-state index in [1.807, 2.05) is 6.92 Å². The Kier molecular flexibility index (Phi) is 5.63. The van der Waals surface area contributed by atoms with Gasteiger partial charge in [-0.15, -0.1) is 0 Å². The van der Waals surface area contributed by atoms with Crippen LogP contribution in [0, 0.1) is 11.3 Å². The summed E-state index contributed by atoms with van der Waals surface area (Å²) in [6, 6.07) is 0.124. The van der Waals surface area contributed by atoms with Gasteiger partial charge in [-0.3, -0.25) is 4.79 Å². The average molecular weight is 269 g/mol. The fourth-order valence-electron chi connectivity index (χ4n) is 2.69. The van der Waals surface area contributed by atoms with Crippen molar-refractivity contribution in [1.82, 2.24) is 5.32 Å². The molecule has 0 aromatic rings. The molecule has 1 aliphatic carbocycles. The predicted molar refractivity (Wildman–Crippen MR) is 76.0 cm³/mol. The van der Waals surface area contributed by atoms with Gasteiger partial charge in [-0.05, 0) is 38.5 Å². The van der Waals surface area contributed by atoms with Gasteiger partial charge in [0.25, 0.3) is 0 Å². The first kappa shape index (κ1) is 15.8. The molecule has 1 rings (SSSR count). The quantitative estimate of drug-likeness (QED) is 0.299. The highest BCUT2D eigenvalue weighted by atomic mass is 16.4. The van der Waals surface area contributed by atoms with Crippen LogP contribution < -0.4 is 11.1 Å². The van der Waals surface area contributed by atoms with Crippen molar-refractivity contribution < 1.29 is 10.0 Å². The number of hydrogen-bond donors (Lipinski definition) is 3. The molecule has 0 heterocycles. The summed E-state index contributed by atoms with van der Waals surface area (Å²) in [5, 5.41) is 15.0. The van der Waals surface area contributed by atoms with Crippen LogP contribution in [0.15, 0.2) is 5.16 Å². The van der Waals surface area contributed by atoms with Gasteiger partial charge in [0.2, 0.25) is 5.91 Å². The Bertz CT molecular complexity index is 334. The fourth-order valence-corrected chi connectivity index (χ4v) is 2.69. The van der Waals surface area contributed by atoms with Crippen molar-refractivity contribution in [1.29, 1.82) is 0 Å². The number of nitrogens with zero attached hydrogens (tertiary/aromatic N) is 1. The molecule has 5 heteroatoms. The average Bonchev–Trinajstić information content (AvgIpc) is 2.86. The van der Waals surface area contributed by atoms with E-state index in [0.29, 0.717) is 18.8 Å². The third-order valence-electron chi connectivity index (χ3n) is 4.04. The first-order chi connectivity index (χ1) is 8.92. The van der Waals surface area contributed by atoms with Gasteiger partial charge in [0.1, 0.15) is 5.41 Å². The molecule has 1 atom stereocenters. The van der Waals surface area contributed by atoms with Crippen molar-refractivity contribution in [2.24, 2.45) is 22.2 Å². The highest BCUT2D eigenvalue weighted by Gasteiger charge is 2.45. The van der Waals surface area contributed by atoms with Gasteiger partial charge in [-0.2, -0.15) is 0 Å². The molecule has 1 aliphatic rings. The van der Waals surface area contributed by atoms with Crippen LogP contribution in [0.4, 0.5) is 0 Å². The minimum atomic E-state index is -0.791. The van der Waals surface area contributed by atoms with Crippen molar-refractivity contribution in [2.75, 3.05) is 0 Å². The van der Waals surface area contributed by atoms with E-state index >= 15 is 0 Å². The van der Waals surface area contributed by atoms with E-state index in [4.69, 9.17) is 10.9 Å². The van der Waals surface area contributed by atoms with E-state index in [-0.39, 0.29) is 17.8 Å². The number of hydrogen-bond acceptors (Lipinski definition) is 3. The summed E-state index contributed by atoms with van der Waals surface area (Å²) < 4.78 is 0. The van der Waals surface area contributed by atoms with Crippen LogP contribution in [0.3, 0.4) is 0 Å². The molecule has 19 heavy (non-hydrogen) atoms. The molecule has 0 aromatic carbocycles. The lowest BCUT2D eigenvalue weighted by molar-refractivity contribution is -0.128. The lowest BCUT2D eigenvalue weighted by Gasteiger charge is -2.28. The number of amidine groups is 1. The Labute approximate surface area is 115 Å². The molecule has 1 amide bonds. The molecule has 110 valence electrons. The van der Waals surface area contributed by atoms with Gasteiger partial charge in [0, 0.05) is 6.04 Å². The van der Waals surface area contributed by atoms with E-state index in [1.165, 1.54) is 0 Å². The van der Waals surface area contributed by atoms with Crippen LogP contribution in [0.1, 0.15) is 59.3 Å². The molecule has 0 saturated heterocycles. The zero-order valence-electron chi connectivity index (χ0n) is 12.3. The molecule has 0 aromatic heterocycles. The molecular formula is C14H27N3O2. The fraction of sp³-hybridized carbons (Fsp3) is 0.857. The Morgan fingerprint density at radius 1 is 1.32 bits per heavy atom. The summed E-state index contributed by atoms with van der Waals surface area (Å²) in [7, 11) is 0. The van der Waals surface area contributed by atoms with Crippen LogP contribution in [0.25, 0.3) is 0 Å². The Balaban J connectivity index is 2.64. The number of carbonyl (C=O) groups is 1. The third kappa shape index (κ3) is 3.85. The predicted octanol–water partition coefficient (Wildman–Crippen LogP) is 2.23. The number of rotatable bonds is 6. The Morgan fingerprint density at radius 2 is 1.89 bits per heavy atom. The van der Waals surface area contributed by atoms with Crippen molar-refractivity contribution in [3.63, 3.8) is 0 Å². The molecule has 4 N–H and O–H groups in total. The number of nitrogens with two attached hydrogens (primary N) is 1. The second kappa shape index (κ2) is 6.78. The Morgan fingerprint density at radius 3 is 2.37 bits per heavy atom. The summed E-state index contributed by atoms with van der Waals surface area (Å²) in [4.78, 5) is 12.4. The van der Waals surface area contributed by atoms with Gasteiger partial charge in [0.05, 0.1) is 0 Å². The number of carbonyl (C=O) groups excluding carboxylic acids is 1. The highest BCUT2D eigenvalue weighted by Crippen LogP contribution is 2.38. The normalized spacial score (nSPS) is 20.5. The lowest BCUT2D eigenvalue weighted by Crippen LogP contribution is -2.50. The number of amides is 1. The maximum Gasteiger partial charge on any atom is 0.234 e. The third-order valence-corrected chi connectivity index (χ3v) is 4.04. The molecule has 1 saturated carbocycles. The molecule has 1 unspecified atom stereocenters. The Hall–Kier alpha value is -1.26. The second-order valence-corrected chi connectivity index (χ2v) is 6.12. The first-order valence-corrected chi connectivity index (χ1v) is 7.21. The van der Waals surface area contributed by atoms with Crippen LogP contribution in [0.2, 0.25) is 0 Å². The minimum Gasteiger partial charge on any atom is -0.409 e. The van der Waals surface area contributed by atoms with E-state index in [9.17, 15) is 4.79 Å². The van der Waals surface area contributed by atoms with Gasteiger partial charge in [-0.1, -0.05) is 31.8 Å². The zero-order valence-corrected chi connectivity index (χ0v) is 12.3.